The van der Waals surface area contributed by atoms with E-state index in [-0.39, 0.29) is 28.7 Å². The topological polar surface area (TPSA) is 107 Å². The van der Waals surface area contributed by atoms with E-state index in [1.165, 1.54) is 0 Å². The van der Waals surface area contributed by atoms with Crippen LogP contribution in [-0.4, -0.2) is 40.2 Å². The van der Waals surface area contributed by atoms with Crippen molar-refractivity contribution in [3.63, 3.8) is 0 Å². The van der Waals surface area contributed by atoms with Crippen LogP contribution in [-0.2, 0) is 27.3 Å². The molecule has 1 aliphatic heterocycles. The van der Waals surface area contributed by atoms with Gasteiger partial charge in [-0.2, -0.15) is 0 Å². The molecule has 0 spiro atoms. The smallest absolute Gasteiger partial charge is 0.286 e. The van der Waals surface area contributed by atoms with Gasteiger partial charge in [-0.1, -0.05) is 67.1 Å². The number of thioether (sulfide) groups is 1. The molecule has 1 N–H and O–H groups in total. The second kappa shape index (κ2) is 12.4. The highest BCUT2D eigenvalue weighted by Gasteiger charge is 2.31. The van der Waals surface area contributed by atoms with Crippen molar-refractivity contribution in [2.24, 2.45) is 0 Å². The van der Waals surface area contributed by atoms with E-state index in [0.29, 0.717) is 25.8 Å². The molecule has 0 aliphatic carbocycles. The van der Waals surface area contributed by atoms with E-state index in [9.17, 15) is 24.3 Å². The summed E-state index contributed by atoms with van der Waals surface area (Å²) in [6, 6.07) is 16.0. The molecule has 0 saturated carbocycles. The first-order chi connectivity index (χ1) is 16.3. The molecule has 1 atom stereocenters. The number of amides is 3. The van der Waals surface area contributed by atoms with E-state index < -0.39 is 5.97 Å². The number of carbonyl (C=O) groups is 4. The number of benzene rings is 2. The summed E-state index contributed by atoms with van der Waals surface area (Å²) in [4.78, 5) is 47.7. The van der Waals surface area contributed by atoms with E-state index in [4.69, 9.17) is 0 Å². The molecule has 7 nitrogen and oxygen atoms in total. The Morgan fingerprint density at radius 3 is 2.29 bits per heavy atom. The third kappa shape index (κ3) is 7.73. The van der Waals surface area contributed by atoms with E-state index >= 15 is 0 Å². The summed E-state index contributed by atoms with van der Waals surface area (Å²) in [5, 5.41) is 12.1. The Morgan fingerprint density at radius 1 is 0.941 bits per heavy atom. The minimum absolute atomic E-state index is 0.0713. The van der Waals surface area contributed by atoms with Crippen LogP contribution in [0.4, 0.5) is 4.79 Å². The highest BCUT2D eigenvalue weighted by Crippen LogP contribution is 2.26. The fourth-order valence-corrected chi connectivity index (χ4v) is 4.74. The molecule has 3 amide bonds. The zero-order chi connectivity index (χ0) is 24.5. The number of imide groups is 1. The molecule has 3 rings (SSSR count). The molecule has 0 aromatic heterocycles. The molecule has 1 aliphatic rings. The Hall–Kier alpha value is -3.13. The van der Waals surface area contributed by atoms with Crippen LogP contribution < -0.4 is 10.4 Å². The molecule has 1 heterocycles. The lowest BCUT2D eigenvalue weighted by molar-refractivity contribution is -0.305. The van der Waals surface area contributed by atoms with Gasteiger partial charge in [-0.15, -0.1) is 0 Å². The molecule has 180 valence electrons. The van der Waals surface area contributed by atoms with Crippen molar-refractivity contribution in [2.45, 2.75) is 56.7 Å². The Labute approximate surface area is 203 Å². The molecule has 8 heteroatoms. The average Bonchev–Trinajstić information content (AvgIpc) is 3.12. The van der Waals surface area contributed by atoms with Crippen molar-refractivity contribution < 1.29 is 24.3 Å². The van der Waals surface area contributed by atoms with Crippen LogP contribution >= 0.6 is 11.8 Å². The summed E-state index contributed by atoms with van der Waals surface area (Å²) < 4.78 is 0. The number of aliphatic carboxylic acids is 1. The minimum Gasteiger partial charge on any atom is -0.550 e. The number of carboxylic acid groups (broad SMARTS) is 1. The third-order valence-corrected chi connectivity index (χ3v) is 6.75. The van der Waals surface area contributed by atoms with Crippen molar-refractivity contribution in [2.75, 3.05) is 7.05 Å². The number of hydrogen-bond acceptors (Lipinski definition) is 6. The van der Waals surface area contributed by atoms with Gasteiger partial charge < -0.3 is 14.8 Å². The van der Waals surface area contributed by atoms with E-state index in [1.54, 1.807) is 11.9 Å². The highest BCUT2D eigenvalue weighted by molar-refractivity contribution is 8.15. The second-order valence-corrected chi connectivity index (χ2v) is 9.70. The molecule has 2 aromatic carbocycles. The lowest BCUT2D eigenvalue weighted by Crippen LogP contribution is -2.25. The van der Waals surface area contributed by atoms with Crippen molar-refractivity contribution >= 4 is 34.8 Å². The third-order valence-electron chi connectivity index (χ3n) is 5.77. The number of nitrogens with zero attached hydrogens (tertiary/aromatic N) is 1. The number of nitrogens with one attached hydrogen (secondary N) is 1. The molecule has 1 unspecified atom stereocenters. The van der Waals surface area contributed by atoms with Gasteiger partial charge in [-0.25, -0.2) is 0 Å². The predicted molar refractivity (Wildman–Crippen MR) is 130 cm³/mol. The lowest BCUT2D eigenvalue weighted by Gasteiger charge is -2.18. The second-order valence-electron chi connectivity index (χ2n) is 8.52. The van der Waals surface area contributed by atoms with E-state index in [1.807, 2.05) is 42.5 Å². The molecule has 1 fully saturated rings. The normalized spacial score (nSPS) is 15.3. The lowest BCUT2D eigenvalue weighted by atomic mass is 10.00. The maximum atomic E-state index is 12.4. The Bertz CT molecular complexity index is 1040. The SMILES string of the molecule is CN(Cc1cccc(-c2ccc(CC3SC(=O)NC3=O)cc2)c1)C(=O)CCCCCCC(=O)[O-]. The Balaban J connectivity index is 1.50. The molecule has 34 heavy (non-hydrogen) atoms. The van der Waals surface area contributed by atoms with Gasteiger partial charge >= 0.3 is 0 Å². The zero-order valence-electron chi connectivity index (χ0n) is 19.2. The standard InChI is InChI=1S/C26H30N2O5S/c1-28(23(29)9-4-2-3-5-10-24(30)31)17-19-7-6-8-21(15-19)20-13-11-18(12-14-20)16-22-25(32)27-26(33)34-22/h6-8,11-15,22H,2-5,9-10,16-17H2,1H3,(H,30,31)(H,27,32,33)/p-1. The molecule has 2 aromatic rings. The number of carboxylic acids is 1. The van der Waals surface area contributed by atoms with Gasteiger partial charge in [-0.3, -0.25) is 19.7 Å². The maximum absolute atomic E-state index is 12.4. The Kier molecular flexibility index (Phi) is 9.27. The van der Waals surface area contributed by atoms with Crippen LogP contribution in [0.2, 0.25) is 0 Å². The zero-order valence-corrected chi connectivity index (χ0v) is 20.1. The summed E-state index contributed by atoms with van der Waals surface area (Å²) in [7, 11) is 1.79. The van der Waals surface area contributed by atoms with Gasteiger partial charge in [0.05, 0.1) is 5.25 Å². The molecule has 1 saturated heterocycles. The van der Waals surface area contributed by atoms with Crippen LogP contribution in [0.3, 0.4) is 0 Å². The number of hydrogen-bond donors (Lipinski definition) is 1. The molecular weight excluding hydrogens is 452 g/mol. The van der Waals surface area contributed by atoms with Crippen LogP contribution in [0.5, 0.6) is 0 Å². The van der Waals surface area contributed by atoms with Gasteiger partial charge in [0.2, 0.25) is 11.8 Å². The van der Waals surface area contributed by atoms with E-state index in [0.717, 1.165) is 53.3 Å². The highest BCUT2D eigenvalue weighted by atomic mass is 32.2. The van der Waals surface area contributed by atoms with Crippen molar-refractivity contribution in [1.29, 1.82) is 0 Å². The van der Waals surface area contributed by atoms with E-state index in [2.05, 4.69) is 11.4 Å². The predicted octanol–water partition coefficient (Wildman–Crippen LogP) is 3.30. The van der Waals surface area contributed by atoms with Crippen molar-refractivity contribution in [1.82, 2.24) is 10.2 Å². The molecular formula is C26H29N2O5S-. The average molecular weight is 482 g/mol. The van der Waals surface area contributed by atoms with Gasteiger partial charge in [0.15, 0.2) is 0 Å². The fourth-order valence-electron chi connectivity index (χ4n) is 3.88. The molecule has 0 bridgehead atoms. The first-order valence-corrected chi connectivity index (χ1v) is 12.3. The van der Waals surface area contributed by atoms with Crippen molar-refractivity contribution in [3.8, 4) is 11.1 Å². The summed E-state index contributed by atoms with van der Waals surface area (Å²) in [5.41, 5.74) is 4.10. The summed E-state index contributed by atoms with van der Waals surface area (Å²) in [6.45, 7) is 0.511. The first-order valence-electron chi connectivity index (χ1n) is 11.5. The van der Waals surface area contributed by atoms with Crippen LogP contribution in [0.15, 0.2) is 48.5 Å². The number of carbonyl (C=O) groups excluding carboxylic acids is 4. The first kappa shape index (κ1) is 25.5. The number of rotatable bonds is 12. The van der Waals surface area contributed by atoms with Gasteiger partial charge in [0.1, 0.15) is 0 Å². The van der Waals surface area contributed by atoms with Crippen LogP contribution in [0, 0.1) is 0 Å². The van der Waals surface area contributed by atoms with Crippen molar-refractivity contribution in [3.05, 3.63) is 59.7 Å². The summed E-state index contributed by atoms with van der Waals surface area (Å²) in [6.07, 6.45) is 3.99. The minimum atomic E-state index is -1.02. The summed E-state index contributed by atoms with van der Waals surface area (Å²) in [5.74, 6) is -1.19. The van der Waals surface area contributed by atoms with Crippen LogP contribution in [0.1, 0.15) is 49.7 Å². The maximum Gasteiger partial charge on any atom is 0.286 e. The monoisotopic (exact) mass is 481 g/mol. The largest absolute Gasteiger partial charge is 0.550 e. The van der Waals surface area contributed by atoms with Gasteiger partial charge in [0, 0.05) is 26.0 Å². The quantitative estimate of drug-likeness (QED) is 0.466. The molecule has 0 radical (unpaired) electrons. The van der Waals surface area contributed by atoms with Gasteiger partial charge in [0.25, 0.3) is 5.24 Å². The summed E-state index contributed by atoms with van der Waals surface area (Å²) >= 11 is 1.03. The number of unbranched alkanes of at least 4 members (excludes halogenated alkanes) is 3. The van der Waals surface area contributed by atoms with Gasteiger partial charge in [-0.05, 0) is 54.0 Å². The van der Waals surface area contributed by atoms with Crippen LogP contribution in [0.25, 0.3) is 11.1 Å². The fraction of sp³-hybridized carbons (Fsp3) is 0.385. The Morgan fingerprint density at radius 2 is 1.65 bits per heavy atom.